The lowest BCUT2D eigenvalue weighted by Crippen LogP contribution is -2.15. The summed E-state index contributed by atoms with van der Waals surface area (Å²) in [6, 6.07) is 0. The van der Waals surface area contributed by atoms with Crippen LogP contribution in [0.2, 0.25) is 0 Å². The van der Waals surface area contributed by atoms with Gasteiger partial charge in [0.25, 0.3) is 0 Å². The van der Waals surface area contributed by atoms with Crippen LogP contribution in [0.25, 0.3) is 0 Å². The van der Waals surface area contributed by atoms with Crippen LogP contribution in [0, 0.1) is 0 Å². The van der Waals surface area contributed by atoms with Gasteiger partial charge in [0, 0.05) is 18.0 Å². The van der Waals surface area contributed by atoms with Crippen LogP contribution in [0.1, 0.15) is 19.8 Å². The lowest BCUT2D eigenvalue weighted by molar-refractivity contribution is -0.137. The van der Waals surface area contributed by atoms with E-state index < -0.39 is 0 Å². The van der Waals surface area contributed by atoms with E-state index in [2.05, 4.69) is 12.8 Å². The average Bonchev–Trinajstić information content (AvgIpc) is 2.12. The molecule has 0 aromatic rings. The summed E-state index contributed by atoms with van der Waals surface area (Å²) in [7, 11) is 0. The maximum absolute atomic E-state index is 10.9. The Kier molecular flexibility index (Phi) is 7.57. The second-order valence-corrected chi connectivity index (χ2v) is 3.24. The summed E-state index contributed by atoms with van der Waals surface area (Å²) < 4.78 is 5.79. The summed E-state index contributed by atoms with van der Waals surface area (Å²) in [4.78, 5) is 10.9. The van der Waals surface area contributed by atoms with Crippen LogP contribution in [0.15, 0.2) is 24.0 Å². The first-order chi connectivity index (χ1) is 7.06. The highest BCUT2D eigenvalue weighted by Gasteiger charge is 1.93. The number of nitrogens with two attached hydrogens (primary N) is 2. The van der Waals surface area contributed by atoms with Gasteiger partial charge >= 0.3 is 5.97 Å². The third kappa shape index (κ3) is 9.17. The third-order valence-corrected chi connectivity index (χ3v) is 1.55. The minimum Gasteiger partial charge on any atom is -0.463 e. The van der Waals surface area contributed by atoms with E-state index in [9.17, 15) is 4.79 Å². The molecule has 0 amide bonds. The van der Waals surface area contributed by atoms with E-state index in [1.165, 1.54) is 12.3 Å². The number of hydrogen-bond donors (Lipinski definition) is 3. The summed E-state index contributed by atoms with van der Waals surface area (Å²) >= 11 is 3.81. The molecule has 0 saturated heterocycles. The molecule has 0 spiro atoms. The molecule has 0 aliphatic heterocycles. The molecule has 0 unspecified atom stereocenters. The van der Waals surface area contributed by atoms with Gasteiger partial charge in [0.05, 0.1) is 6.61 Å². The van der Waals surface area contributed by atoms with Crippen LogP contribution < -0.4 is 11.6 Å². The fourth-order valence-corrected chi connectivity index (χ4v) is 1.00. The number of thiol groups is 1. The molecule has 6 heteroatoms. The standard InChI is InChI=1S/C9H17N3O2S/c1-2-14-9(13)6-4-3-5-8(10)7-12(11)15/h4,6-7,15H,2-3,5,10-11H2,1H3/b6-4+,8-7-. The topological polar surface area (TPSA) is 81.6 Å². The Morgan fingerprint density at radius 1 is 1.60 bits per heavy atom. The first-order valence-electron chi connectivity index (χ1n) is 4.58. The predicted molar refractivity (Wildman–Crippen MR) is 62.3 cm³/mol. The van der Waals surface area contributed by atoms with Crippen molar-refractivity contribution < 1.29 is 9.53 Å². The number of carbonyl (C=O) groups is 1. The van der Waals surface area contributed by atoms with Gasteiger partial charge in [-0.2, -0.15) is 0 Å². The normalized spacial score (nSPS) is 11.8. The van der Waals surface area contributed by atoms with Gasteiger partial charge in [0.1, 0.15) is 0 Å². The zero-order valence-electron chi connectivity index (χ0n) is 8.72. The second kappa shape index (κ2) is 8.19. The van der Waals surface area contributed by atoms with Crippen LogP contribution in [0.3, 0.4) is 0 Å². The van der Waals surface area contributed by atoms with Crippen molar-refractivity contribution >= 4 is 18.8 Å². The molecule has 5 nitrogen and oxygen atoms in total. The highest BCUT2D eigenvalue weighted by Crippen LogP contribution is 2.00. The highest BCUT2D eigenvalue weighted by molar-refractivity contribution is 7.77. The van der Waals surface area contributed by atoms with E-state index in [1.807, 2.05) is 0 Å². The van der Waals surface area contributed by atoms with Crippen LogP contribution in [-0.2, 0) is 9.53 Å². The number of allylic oxidation sites excluding steroid dienone is 2. The Hall–Kier alpha value is -1.14. The minimum atomic E-state index is -0.338. The predicted octanol–water partition coefficient (Wildman–Crippen LogP) is 0.707. The SMILES string of the molecule is CCOC(=O)/C=C/CC/C(N)=C/N(N)S. The van der Waals surface area contributed by atoms with Gasteiger partial charge in [-0.05, 0) is 19.8 Å². The molecule has 0 rings (SSSR count). The van der Waals surface area contributed by atoms with Gasteiger partial charge in [-0.15, -0.1) is 0 Å². The average molecular weight is 231 g/mol. The number of ether oxygens (including phenoxy) is 1. The smallest absolute Gasteiger partial charge is 0.330 e. The Morgan fingerprint density at radius 2 is 2.27 bits per heavy atom. The van der Waals surface area contributed by atoms with E-state index in [0.29, 0.717) is 25.1 Å². The maximum atomic E-state index is 10.9. The maximum Gasteiger partial charge on any atom is 0.330 e. The molecule has 0 aliphatic rings. The number of nitrogens with zero attached hydrogens (tertiary/aromatic N) is 1. The van der Waals surface area contributed by atoms with E-state index in [-0.39, 0.29) is 5.97 Å². The molecule has 0 bridgehead atoms. The zero-order valence-corrected chi connectivity index (χ0v) is 9.61. The summed E-state index contributed by atoms with van der Waals surface area (Å²) in [5.41, 5.74) is 6.19. The Morgan fingerprint density at radius 3 is 2.80 bits per heavy atom. The van der Waals surface area contributed by atoms with Gasteiger partial charge < -0.3 is 10.5 Å². The van der Waals surface area contributed by atoms with Crippen molar-refractivity contribution in [1.82, 2.24) is 4.41 Å². The Labute approximate surface area is 95.3 Å². The van der Waals surface area contributed by atoms with Crippen LogP contribution >= 0.6 is 12.8 Å². The van der Waals surface area contributed by atoms with E-state index >= 15 is 0 Å². The van der Waals surface area contributed by atoms with E-state index in [4.69, 9.17) is 16.3 Å². The molecule has 0 aromatic carbocycles. The largest absolute Gasteiger partial charge is 0.463 e. The number of carbonyl (C=O) groups excluding carboxylic acids is 1. The highest BCUT2D eigenvalue weighted by atomic mass is 32.1. The van der Waals surface area contributed by atoms with Crippen molar-refractivity contribution in [3.8, 4) is 0 Å². The number of hydrazine groups is 1. The molecule has 0 heterocycles. The lowest BCUT2D eigenvalue weighted by atomic mass is 10.2. The number of esters is 1. The molecular weight excluding hydrogens is 214 g/mol. The molecule has 0 radical (unpaired) electrons. The fraction of sp³-hybridized carbons (Fsp3) is 0.444. The van der Waals surface area contributed by atoms with Crippen molar-refractivity contribution in [2.75, 3.05) is 6.61 Å². The lowest BCUT2D eigenvalue weighted by Gasteiger charge is -2.04. The summed E-state index contributed by atoms with van der Waals surface area (Å²) in [6.45, 7) is 2.14. The summed E-state index contributed by atoms with van der Waals surface area (Å²) in [6.07, 6.45) is 5.87. The summed E-state index contributed by atoms with van der Waals surface area (Å²) in [5, 5.41) is 0. The van der Waals surface area contributed by atoms with Crippen molar-refractivity contribution in [2.24, 2.45) is 11.6 Å². The zero-order chi connectivity index (χ0) is 11.7. The quantitative estimate of drug-likeness (QED) is 0.206. The molecule has 4 N–H and O–H groups in total. The number of rotatable bonds is 6. The molecule has 0 fully saturated rings. The number of hydrogen-bond acceptors (Lipinski definition) is 6. The van der Waals surface area contributed by atoms with Crippen LogP contribution in [0.5, 0.6) is 0 Å². The fourth-order valence-electron chi connectivity index (χ4n) is 0.854. The molecule has 0 aromatic heterocycles. The molecule has 15 heavy (non-hydrogen) atoms. The Balaban J connectivity index is 3.74. The molecule has 0 saturated carbocycles. The first kappa shape index (κ1) is 13.9. The molecular formula is C9H17N3O2S. The van der Waals surface area contributed by atoms with Crippen LogP contribution in [-0.4, -0.2) is 17.0 Å². The monoisotopic (exact) mass is 231 g/mol. The van der Waals surface area contributed by atoms with Gasteiger partial charge in [0.2, 0.25) is 0 Å². The van der Waals surface area contributed by atoms with Crippen molar-refractivity contribution in [3.63, 3.8) is 0 Å². The molecule has 0 atom stereocenters. The minimum absolute atomic E-state index is 0.338. The van der Waals surface area contributed by atoms with Crippen LogP contribution in [0.4, 0.5) is 0 Å². The van der Waals surface area contributed by atoms with Gasteiger partial charge in [-0.1, -0.05) is 18.9 Å². The van der Waals surface area contributed by atoms with Crippen molar-refractivity contribution in [2.45, 2.75) is 19.8 Å². The Bertz CT molecular complexity index is 252. The van der Waals surface area contributed by atoms with Gasteiger partial charge in [-0.3, -0.25) is 4.41 Å². The molecule has 0 aliphatic carbocycles. The van der Waals surface area contributed by atoms with Gasteiger partial charge in [-0.25, -0.2) is 10.6 Å². The van der Waals surface area contributed by atoms with E-state index in [0.717, 1.165) is 4.41 Å². The second-order valence-electron chi connectivity index (χ2n) is 2.78. The van der Waals surface area contributed by atoms with Crippen molar-refractivity contribution in [3.05, 3.63) is 24.0 Å². The van der Waals surface area contributed by atoms with Crippen molar-refractivity contribution in [1.29, 1.82) is 0 Å². The summed E-state index contributed by atoms with van der Waals surface area (Å²) in [5.74, 6) is 4.90. The van der Waals surface area contributed by atoms with Gasteiger partial charge in [0.15, 0.2) is 0 Å². The first-order valence-corrected chi connectivity index (χ1v) is 4.98. The third-order valence-electron chi connectivity index (χ3n) is 1.44. The van der Waals surface area contributed by atoms with E-state index in [1.54, 1.807) is 13.0 Å². The molecule has 86 valence electrons.